The molecule has 0 aliphatic carbocycles. The maximum Gasteiger partial charge on any atom is 0.0345 e. The minimum atomic E-state index is 1.07. The van der Waals surface area contributed by atoms with E-state index in [4.69, 9.17) is 0 Å². The Balaban J connectivity index is 2.14. The van der Waals surface area contributed by atoms with Gasteiger partial charge in [0, 0.05) is 4.70 Å². The lowest BCUT2D eigenvalue weighted by Gasteiger charge is -1.93. The van der Waals surface area contributed by atoms with Crippen molar-refractivity contribution in [2.75, 3.05) is 0 Å². The molecule has 2 aromatic rings. The smallest absolute Gasteiger partial charge is 0.0345 e. The van der Waals surface area contributed by atoms with Gasteiger partial charge in [0.1, 0.15) is 0 Å². The van der Waals surface area contributed by atoms with Gasteiger partial charge in [0.25, 0.3) is 0 Å². The fourth-order valence-electron chi connectivity index (χ4n) is 1.69. The van der Waals surface area contributed by atoms with Gasteiger partial charge < -0.3 is 0 Å². The average molecular weight is 216 g/mol. The first kappa shape index (κ1) is 10.4. The lowest BCUT2D eigenvalue weighted by Crippen LogP contribution is -1.77. The number of unbranched alkanes of at least 4 members (excludes halogenated alkanes) is 1. The number of hydrogen-bond acceptors (Lipinski definition) is 1. The topological polar surface area (TPSA) is 0 Å². The summed E-state index contributed by atoms with van der Waals surface area (Å²) in [4.78, 5) is 0. The second-order valence-electron chi connectivity index (χ2n) is 3.72. The summed E-state index contributed by atoms with van der Waals surface area (Å²) >= 11 is 1.84. The average Bonchev–Trinajstić information content (AvgIpc) is 2.68. The van der Waals surface area contributed by atoms with Gasteiger partial charge >= 0.3 is 0 Å². The third kappa shape index (κ3) is 2.48. The van der Waals surface area contributed by atoms with Crippen LogP contribution in [0.4, 0.5) is 0 Å². The Morgan fingerprint density at radius 2 is 2.07 bits per heavy atom. The van der Waals surface area contributed by atoms with E-state index in [0.29, 0.717) is 0 Å². The lowest BCUT2D eigenvalue weighted by molar-refractivity contribution is 0.954. The first-order chi connectivity index (χ1) is 7.42. The van der Waals surface area contributed by atoms with Crippen LogP contribution in [0.25, 0.3) is 10.1 Å². The van der Waals surface area contributed by atoms with Crippen LogP contribution in [-0.2, 0) is 6.42 Å². The number of hydrogen-bond donors (Lipinski definition) is 0. The second kappa shape index (κ2) is 5.13. The van der Waals surface area contributed by atoms with Crippen molar-refractivity contribution in [3.8, 4) is 0 Å². The molecule has 0 N–H and O–H groups in total. The van der Waals surface area contributed by atoms with E-state index in [9.17, 15) is 0 Å². The monoisotopic (exact) mass is 216 g/mol. The van der Waals surface area contributed by atoms with Gasteiger partial charge in [0.2, 0.25) is 0 Å². The molecule has 1 aromatic heterocycles. The van der Waals surface area contributed by atoms with Crippen LogP contribution in [0, 0.1) is 0 Å². The zero-order valence-corrected chi connectivity index (χ0v) is 9.89. The number of benzene rings is 1. The van der Waals surface area contributed by atoms with Crippen LogP contribution in [0.5, 0.6) is 0 Å². The van der Waals surface area contributed by atoms with Gasteiger partial charge in [0.15, 0.2) is 0 Å². The largest absolute Gasteiger partial charge is 0.144 e. The highest BCUT2D eigenvalue weighted by molar-refractivity contribution is 7.17. The highest BCUT2D eigenvalue weighted by atomic mass is 32.1. The summed E-state index contributed by atoms with van der Waals surface area (Å²) in [6.07, 6.45) is 8.08. The molecule has 0 saturated carbocycles. The normalized spacial score (nSPS) is 11.5. The van der Waals surface area contributed by atoms with E-state index >= 15 is 0 Å². The van der Waals surface area contributed by atoms with Crippen molar-refractivity contribution in [3.05, 3.63) is 47.4 Å². The quantitative estimate of drug-likeness (QED) is 0.644. The highest BCUT2D eigenvalue weighted by Crippen LogP contribution is 2.25. The molecule has 0 aliphatic rings. The van der Waals surface area contributed by atoms with Crippen LogP contribution in [0.1, 0.15) is 25.3 Å². The summed E-state index contributed by atoms with van der Waals surface area (Å²) < 4.78 is 1.40. The molecule has 0 aliphatic heterocycles. The van der Waals surface area contributed by atoms with Crippen LogP contribution < -0.4 is 0 Å². The number of thiophene rings is 1. The van der Waals surface area contributed by atoms with Gasteiger partial charge in [-0.3, -0.25) is 0 Å². The number of fused-ring (bicyclic) bond motifs is 1. The minimum Gasteiger partial charge on any atom is -0.144 e. The first-order valence-electron chi connectivity index (χ1n) is 5.52. The molecule has 0 unspecified atom stereocenters. The van der Waals surface area contributed by atoms with Crippen LogP contribution in [0.3, 0.4) is 0 Å². The molecule has 0 amide bonds. The molecule has 0 spiro atoms. The lowest BCUT2D eigenvalue weighted by atomic mass is 10.1. The third-order valence-corrected chi connectivity index (χ3v) is 3.53. The van der Waals surface area contributed by atoms with Crippen molar-refractivity contribution >= 4 is 21.4 Å². The molecule has 1 heterocycles. The van der Waals surface area contributed by atoms with E-state index in [1.807, 2.05) is 11.3 Å². The Morgan fingerprint density at radius 1 is 1.20 bits per heavy atom. The molecule has 1 heteroatoms. The van der Waals surface area contributed by atoms with Crippen LogP contribution >= 0.6 is 11.3 Å². The standard InChI is InChI=1S/C14H16S/c1-2-3-4-5-8-12-11-15-14-10-7-6-9-13(12)14/h4-7,9-11H,2-3,8H2,1H3. The summed E-state index contributed by atoms with van der Waals surface area (Å²) in [5, 5.41) is 3.70. The van der Waals surface area contributed by atoms with Gasteiger partial charge in [-0.25, -0.2) is 0 Å². The predicted molar refractivity (Wildman–Crippen MR) is 69.6 cm³/mol. The molecule has 1 aromatic carbocycles. The number of allylic oxidation sites excluding steroid dienone is 2. The van der Waals surface area contributed by atoms with Crippen molar-refractivity contribution < 1.29 is 0 Å². The van der Waals surface area contributed by atoms with Gasteiger partial charge in [-0.2, -0.15) is 0 Å². The zero-order chi connectivity index (χ0) is 10.5. The second-order valence-corrected chi connectivity index (χ2v) is 4.63. The molecular weight excluding hydrogens is 200 g/mol. The summed E-state index contributed by atoms with van der Waals surface area (Å²) in [6, 6.07) is 8.64. The highest BCUT2D eigenvalue weighted by Gasteiger charge is 2.00. The molecule has 78 valence electrons. The summed E-state index contributed by atoms with van der Waals surface area (Å²) in [5.74, 6) is 0. The van der Waals surface area contributed by atoms with Crippen molar-refractivity contribution in [3.63, 3.8) is 0 Å². The summed E-state index contributed by atoms with van der Waals surface area (Å²) in [7, 11) is 0. The van der Waals surface area contributed by atoms with E-state index < -0.39 is 0 Å². The van der Waals surface area contributed by atoms with Crippen molar-refractivity contribution in [2.45, 2.75) is 26.2 Å². The Labute approximate surface area is 95.3 Å². The minimum absolute atomic E-state index is 1.07. The maximum absolute atomic E-state index is 2.29. The van der Waals surface area contributed by atoms with E-state index in [2.05, 4.69) is 48.7 Å². The first-order valence-corrected chi connectivity index (χ1v) is 6.40. The van der Waals surface area contributed by atoms with Gasteiger partial charge in [0.05, 0.1) is 0 Å². The van der Waals surface area contributed by atoms with Crippen LogP contribution in [0.15, 0.2) is 41.8 Å². The molecule has 2 rings (SSSR count). The van der Waals surface area contributed by atoms with Crippen molar-refractivity contribution in [1.82, 2.24) is 0 Å². The van der Waals surface area contributed by atoms with Gasteiger partial charge in [-0.1, -0.05) is 43.7 Å². The SMILES string of the molecule is CCCC=CCc1csc2ccccc12. The van der Waals surface area contributed by atoms with Crippen molar-refractivity contribution in [2.24, 2.45) is 0 Å². The van der Waals surface area contributed by atoms with E-state index in [1.165, 1.54) is 28.5 Å². The van der Waals surface area contributed by atoms with Gasteiger partial charge in [-0.05, 0) is 35.2 Å². The molecule has 15 heavy (non-hydrogen) atoms. The van der Waals surface area contributed by atoms with E-state index in [1.54, 1.807) is 0 Å². The number of rotatable bonds is 4. The maximum atomic E-state index is 2.29. The van der Waals surface area contributed by atoms with Crippen LogP contribution in [0.2, 0.25) is 0 Å². The Morgan fingerprint density at radius 3 is 2.93 bits per heavy atom. The fourth-order valence-corrected chi connectivity index (χ4v) is 2.66. The van der Waals surface area contributed by atoms with Crippen LogP contribution in [-0.4, -0.2) is 0 Å². The van der Waals surface area contributed by atoms with E-state index in [0.717, 1.165) is 6.42 Å². The predicted octanol–water partition coefficient (Wildman–Crippen LogP) is 4.80. The molecule has 0 fully saturated rings. The fraction of sp³-hybridized carbons (Fsp3) is 0.286. The Kier molecular flexibility index (Phi) is 3.57. The van der Waals surface area contributed by atoms with Crippen molar-refractivity contribution in [1.29, 1.82) is 0 Å². The summed E-state index contributed by atoms with van der Waals surface area (Å²) in [6.45, 7) is 2.21. The molecule has 0 nitrogen and oxygen atoms in total. The Bertz CT molecular complexity index is 451. The van der Waals surface area contributed by atoms with E-state index in [-0.39, 0.29) is 0 Å². The molecule has 0 saturated heterocycles. The summed E-state index contributed by atoms with van der Waals surface area (Å²) in [5.41, 5.74) is 1.46. The molecule has 0 radical (unpaired) electrons. The third-order valence-electron chi connectivity index (χ3n) is 2.52. The molecular formula is C14H16S. The molecule has 0 atom stereocenters. The zero-order valence-electron chi connectivity index (χ0n) is 9.07. The van der Waals surface area contributed by atoms with Gasteiger partial charge in [-0.15, -0.1) is 11.3 Å². The molecule has 0 bridgehead atoms. The Hall–Kier alpha value is -1.08.